The summed E-state index contributed by atoms with van der Waals surface area (Å²) in [6, 6.07) is 5.21. The van der Waals surface area contributed by atoms with Crippen LogP contribution in [0.3, 0.4) is 0 Å². The molecule has 0 radical (unpaired) electrons. The fourth-order valence-corrected chi connectivity index (χ4v) is 4.65. The molecule has 3 rings (SSSR count). The van der Waals surface area contributed by atoms with Gasteiger partial charge in [0.1, 0.15) is 0 Å². The number of carbonyl (C=O) groups is 1. The number of anilines is 2. The molecule has 10 heteroatoms. The third kappa shape index (κ3) is 4.47. The van der Waals surface area contributed by atoms with E-state index in [1.807, 2.05) is 4.90 Å². The second kappa shape index (κ2) is 7.83. The first-order chi connectivity index (χ1) is 12.3. The number of benzene rings is 1. The zero-order valence-electron chi connectivity index (χ0n) is 13.9. The Morgan fingerprint density at radius 1 is 1.27 bits per heavy atom. The van der Waals surface area contributed by atoms with Crippen molar-refractivity contribution >= 4 is 39.8 Å². The molecule has 1 amide bonds. The molecule has 0 saturated carbocycles. The lowest BCUT2D eigenvalue weighted by Gasteiger charge is -2.18. The lowest BCUT2D eigenvalue weighted by molar-refractivity contribution is -0.137. The summed E-state index contributed by atoms with van der Waals surface area (Å²) in [6.07, 6.45) is -2.41. The van der Waals surface area contributed by atoms with Crippen LogP contribution >= 0.6 is 23.1 Å². The smallest absolute Gasteiger partial charge is 0.342 e. The summed E-state index contributed by atoms with van der Waals surface area (Å²) in [5, 5.41) is 10.5. The highest BCUT2D eigenvalue weighted by molar-refractivity contribution is 8.02. The van der Waals surface area contributed by atoms with Crippen molar-refractivity contribution in [1.29, 1.82) is 0 Å². The molecule has 0 bridgehead atoms. The van der Waals surface area contributed by atoms with E-state index in [-0.39, 0.29) is 22.0 Å². The molecule has 0 unspecified atom stereocenters. The van der Waals surface area contributed by atoms with E-state index < -0.39 is 11.7 Å². The van der Waals surface area contributed by atoms with Crippen LogP contribution in [-0.2, 0) is 11.0 Å². The number of thioether (sulfide) groups is 1. The Morgan fingerprint density at radius 2 is 1.96 bits per heavy atom. The SMILES string of the molecule is C[C@@H](Sc1nnc(Nc2ccccc2C(F)(F)F)s1)C(=O)N1CCCC1. The first-order valence-corrected chi connectivity index (χ1v) is 9.76. The summed E-state index contributed by atoms with van der Waals surface area (Å²) < 4.78 is 39.7. The zero-order chi connectivity index (χ0) is 18.7. The number of hydrogen-bond acceptors (Lipinski definition) is 6. The van der Waals surface area contributed by atoms with Gasteiger partial charge >= 0.3 is 6.18 Å². The van der Waals surface area contributed by atoms with Gasteiger partial charge in [0.15, 0.2) is 4.34 Å². The standard InChI is InChI=1S/C16H17F3N4OS2/c1-10(13(24)23-8-4-5-9-23)25-15-22-21-14(26-15)20-12-7-3-2-6-11(12)16(17,18)19/h2-3,6-7,10H,4-5,8-9H2,1H3,(H,20,21)/t10-/m1/s1. The predicted octanol–water partition coefficient (Wildman–Crippen LogP) is 4.40. The minimum Gasteiger partial charge on any atom is -0.342 e. The third-order valence-electron chi connectivity index (χ3n) is 3.92. The van der Waals surface area contributed by atoms with Crippen LogP contribution < -0.4 is 5.32 Å². The minimum atomic E-state index is -4.46. The average molecular weight is 402 g/mol. The van der Waals surface area contributed by atoms with Crippen LogP contribution in [0.25, 0.3) is 0 Å². The molecular formula is C16H17F3N4OS2. The molecule has 1 N–H and O–H groups in total. The molecule has 0 aliphatic carbocycles. The quantitative estimate of drug-likeness (QED) is 0.751. The molecule has 1 fully saturated rings. The molecule has 2 heterocycles. The maximum Gasteiger partial charge on any atom is 0.418 e. The molecule has 1 atom stereocenters. The van der Waals surface area contributed by atoms with Gasteiger partial charge in [-0.3, -0.25) is 4.79 Å². The molecule has 1 aromatic carbocycles. The average Bonchev–Trinajstić information content (AvgIpc) is 3.26. The number of amides is 1. The normalized spacial score (nSPS) is 15.9. The monoisotopic (exact) mass is 402 g/mol. The maximum absolute atomic E-state index is 13.0. The van der Waals surface area contributed by atoms with Gasteiger partial charge in [-0.15, -0.1) is 10.2 Å². The van der Waals surface area contributed by atoms with Crippen molar-refractivity contribution in [2.75, 3.05) is 18.4 Å². The van der Waals surface area contributed by atoms with Crippen LogP contribution in [0.15, 0.2) is 28.6 Å². The molecule has 140 valence electrons. The Balaban J connectivity index is 1.66. The van der Waals surface area contributed by atoms with E-state index in [0.29, 0.717) is 4.34 Å². The molecule has 2 aromatic rings. The largest absolute Gasteiger partial charge is 0.418 e. The Kier molecular flexibility index (Phi) is 5.71. The maximum atomic E-state index is 13.0. The van der Waals surface area contributed by atoms with Crippen LogP contribution in [0, 0.1) is 0 Å². The van der Waals surface area contributed by atoms with E-state index in [9.17, 15) is 18.0 Å². The van der Waals surface area contributed by atoms with Crippen LogP contribution in [0.2, 0.25) is 0 Å². The van der Waals surface area contributed by atoms with Gasteiger partial charge in [-0.2, -0.15) is 13.2 Å². The van der Waals surface area contributed by atoms with Crippen LogP contribution in [0.4, 0.5) is 24.0 Å². The van der Waals surface area contributed by atoms with Crippen molar-refractivity contribution in [2.24, 2.45) is 0 Å². The second-order valence-corrected chi connectivity index (χ2v) is 8.40. The lowest BCUT2D eigenvalue weighted by atomic mass is 10.2. The Labute approximate surface area is 157 Å². The first kappa shape index (κ1) is 19.0. The summed E-state index contributed by atoms with van der Waals surface area (Å²) in [5.74, 6) is 0.0552. The van der Waals surface area contributed by atoms with Crippen LogP contribution in [0.5, 0.6) is 0 Å². The number of alkyl halides is 3. The molecule has 0 spiro atoms. The van der Waals surface area contributed by atoms with Gasteiger partial charge < -0.3 is 10.2 Å². The van der Waals surface area contributed by atoms with Gasteiger partial charge in [-0.1, -0.05) is 35.2 Å². The van der Waals surface area contributed by atoms with Crippen molar-refractivity contribution in [3.05, 3.63) is 29.8 Å². The summed E-state index contributed by atoms with van der Waals surface area (Å²) in [6.45, 7) is 3.36. The van der Waals surface area contributed by atoms with E-state index in [2.05, 4.69) is 15.5 Å². The molecule has 1 aliphatic heterocycles. The Bertz CT molecular complexity index is 775. The number of nitrogens with zero attached hydrogens (tertiary/aromatic N) is 3. The van der Waals surface area contributed by atoms with Gasteiger partial charge in [0.2, 0.25) is 11.0 Å². The van der Waals surface area contributed by atoms with Crippen molar-refractivity contribution in [1.82, 2.24) is 15.1 Å². The van der Waals surface area contributed by atoms with Crippen molar-refractivity contribution < 1.29 is 18.0 Å². The van der Waals surface area contributed by atoms with E-state index >= 15 is 0 Å². The number of rotatable bonds is 5. The van der Waals surface area contributed by atoms with E-state index in [1.165, 1.54) is 30.0 Å². The van der Waals surface area contributed by atoms with E-state index in [0.717, 1.165) is 43.3 Å². The van der Waals surface area contributed by atoms with Gasteiger partial charge in [-0.25, -0.2) is 0 Å². The van der Waals surface area contributed by atoms with Gasteiger partial charge in [-0.05, 0) is 31.9 Å². The lowest BCUT2D eigenvalue weighted by Crippen LogP contribution is -2.33. The van der Waals surface area contributed by atoms with E-state index in [1.54, 1.807) is 6.92 Å². The van der Waals surface area contributed by atoms with Crippen molar-refractivity contribution in [2.45, 2.75) is 35.5 Å². The first-order valence-electron chi connectivity index (χ1n) is 8.07. The molecule has 26 heavy (non-hydrogen) atoms. The molecule has 5 nitrogen and oxygen atoms in total. The number of para-hydroxylation sites is 1. The fourth-order valence-electron chi connectivity index (χ4n) is 2.66. The zero-order valence-corrected chi connectivity index (χ0v) is 15.5. The minimum absolute atomic E-state index is 0.0552. The highest BCUT2D eigenvalue weighted by atomic mass is 32.2. The summed E-state index contributed by atoms with van der Waals surface area (Å²) in [7, 11) is 0. The van der Waals surface area contributed by atoms with E-state index in [4.69, 9.17) is 0 Å². The van der Waals surface area contributed by atoms with Crippen LogP contribution in [-0.4, -0.2) is 39.3 Å². The third-order valence-corrected chi connectivity index (χ3v) is 5.93. The molecule has 1 aromatic heterocycles. The van der Waals surface area contributed by atoms with Crippen molar-refractivity contribution in [3.8, 4) is 0 Å². The second-order valence-electron chi connectivity index (χ2n) is 5.83. The molecule has 1 aliphatic rings. The topological polar surface area (TPSA) is 58.1 Å². The van der Waals surface area contributed by atoms with Gasteiger partial charge in [0.05, 0.1) is 16.5 Å². The van der Waals surface area contributed by atoms with Crippen molar-refractivity contribution in [3.63, 3.8) is 0 Å². The summed E-state index contributed by atoms with van der Waals surface area (Å²) >= 11 is 2.40. The number of nitrogens with one attached hydrogen (secondary N) is 1. The number of halogens is 3. The Hall–Kier alpha value is -1.81. The van der Waals surface area contributed by atoms with Gasteiger partial charge in [0, 0.05) is 13.1 Å². The number of hydrogen-bond donors (Lipinski definition) is 1. The predicted molar refractivity (Wildman–Crippen MR) is 95.8 cm³/mol. The summed E-state index contributed by atoms with van der Waals surface area (Å²) in [4.78, 5) is 14.2. The van der Waals surface area contributed by atoms with Gasteiger partial charge in [0.25, 0.3) is 0 Å². The number of carbonyl (C=O) groups excluding carboxylic acids is 1. The molecule has 1 saturated heterocycles. The fraction of sp³-hybridized carbons (Fsp3) is 0.438. The highest BCUT2D eigenvalue weighted by Gasteiger charge is 2.33. The van der Waals surface area contributed by atoms with Crippen LogP contribution in [0.1, 0.15) is 25.3 Å². The number of likely N-dealkylation sites (tertiary alicyclic amines) is 1. The number of aromatic nitrogens is 2. The Morgan fingerprint density at radius 3 is 2.65 bits per heavy atom. The highest BCUT2D eigenvalue weighted by Crippen LogP contribution is 2.37. The molecular weight excluding hydrogens is 385 g/mol. The summed E-state index contributed by atoms with van der Waals surface area (Å²) in [5.41, 5.74) is -0.837.